The Kier molecular flexibility index (Phi) is 5.43. The summed E-state index contributed by atoms with van der Waals surface area (Å²) in [5.74, 6) is 1.57. The van der Waals surface area contributed by atoms with Crippen LogP contribution < -0.4 is 10.1 Å². The van der Waals surface area contributed by atoms with Crippen molar-refractivity contribution >= 4 is 27.6 Å². The summed E-state index contributed by atoms with van der Waals surface area (Å²) >= 11 is 3.46. The third kappa shape index (κ3) is 3.74. The van der Waals surface area contributed by atoms with Crippen molar-refractivity contribution in [2.75, 3.05) is 26.1 Å². The van der Waals surface area contributed by atoms with Crippen molar-refractivity contribution in [1.82, 2.24) is 9.55 Å². The maximum absolute atomic E-state index is 5.35. The summed E-state index contributed by atoms with van der Waals surface area (Å²) in [6.45, 7) is 1.59. The zero-order chi connectivity index (χ0) is 14.4. The number of hydrogen-bond donors (Lipinski definition) is 1. The highest BCUT2D eigenvalue weighted by molar-refractivity contribution is 9.10. The van der Waals surface area contributed by atoms with E-state index in [2.05, 4.69) is 30.8 Å². The number of ether oxygens (including phenoxy) is 2. The molecular formula is C14H18BrN3O2. The first-order valence-electron chi connectivity index (χ1n) is 6.35. The molecule has 5 nitrogen and oxygen atoms in total. The third-order valence-electron chi connectivity index (χ3n) is 2.87. The van der Waals surface area contributed by atoms with Crippen LogP contribution >= 0.6 is 15.9 Å². The highest BCUT2D eigenvalue weighted by Gasteiger charge is 2.08. The molecule has 6 heteroatoms. The van der Waals surface area contributed by atoms with E-state index in [4.69, 9.17) is 9.47 Å². The lowest BCUT2D eigenvalue weighted by Gasteiger charge is -2.13. The van der Waals surface area contributed by atoms with Gasteiger partial charge in [0.05, 0.1) is 12.8 Å². The molecular weight excluding hydrogens is 322 g/mol. The lowest BCUT2D eigenvalue weighted by molar-refractivity contribution is 0.190. The number of halogens is 1. The van der Waals surface area contributed by atoms with E-state index in [1.54, 1.807) is 20.4 Å². The van der Waals surface area contributed by atoms with Gasteiger partial charge in [0.1, 0.15) is 5.75 Å². The van der Waals surface area contributed by atoms with Crippen LogP contribution in [0.25, 0.3) is 0 Å². The molecule has 0 radical (unpaired) electrons. The molecule has 0 aliphatic carbocycles. The van der Waals surface area contributed by atoms with Crippen LogP contribution in [-0.2, 0) is 11.3 Å². The second-order valence-corrected chi connectivity index (χ2v) is 5.18. The third-order valence-corrected chi connectivity index (χ3v) is 3.36. The van der Waals surface area contributed by atoms with Crippen LogP contribution in [0, 0.1) is 0 Å². The minimum Gasteiger partial charge on any atom is -0.495 e. The van der Waals surface area contributed by atoms with E-state index in [0.29, 0.717) is 0 Å². The topological polar surface area (TPSA) is 48.3 Å². The summed E-state index contributed by atoms with van der Waals surface area (Å²) in [6, 6.07) is 5.81. The molecule has 0 saturated heterocycles. The van der Waals surface area contributed by atoms with E-state index in [1.165, 1.54) is 0 Å². The molecule has 0 saturated carbocycles. The molecule has 0 amide bonds. The second-order valence-electron chi connectivity index (χ2n) is 4.26. The second kappa shape index (κ2) is 7.31. The Morgan fingerprint density at radius 2 is 2.20 bits per heavy atom. The predicted octanol–water partition coefficient (Wildman–Crippen LogP) is 3.43. The number of aromatic nitrogens is 2. The standard InChI is InChI=1S/C14H18BrN3O2/c1-19-9-3-7-18-8-6-16-14(18)17-12-10-11(15)4-5-13(12)20-2/h4-6,8,10H,3,7,9H2,1-2H3,(H,16,17). The van der Waals surface area contributed by atoms with Gasteiger partial charge in [0.2, 0.25) is 5.95 Å². The fourth-order valence-corrected chi connectivity index (χ4v) is 2.25. The molecule has 1 aromatic heterocycles. The molecule has 0 aliphatic heterocycles. The average Bonchev–Trinajstić information content (AvgIpc) is 2.87. The molecule has 2 aromatic rings. The number of hydrogen-bond acceptors (Lipinski definition) is 4. The summed E-state index contributed by atoms with van der Waals surface area (Å²) in [4.78, 5) is 4.34. The van der Waals surface area contributed by atoms with Gasteiger partial charge in [-0.25, -0.2) is 4.98 Å². The van der Waals surface area contributed by atoms with E-state index >= 15 is 0 Å². The van der Waals surface area contributed by atoms with Gasteiger partial charge in [-0.2, -0.15) is 0 Å². The number of imidazole rings is 1. The Hall–Kier alpha value is -1.53. The molecule has 108 valence electrons. The summed E-state index contributed by atoms with van der Waals surface area (Å²) in [5, 5.41) is 3.30. The molecule has 20 heavy (non-hydrogen) atoms. The van der Waals surface area contributed by atoms with Gasteiger partial charge in [-0.3, -0.25) is 0 Å². The molecule has 0 spiro atoms. The van der Waals surface area contributed by atoms with Gasteiger partial charge in [0.15, 0.2) is 0 Å². The smallest absolute Gasteiger partial charge is 0.207 e. The van der Waals surface area contributed by atoms with E-state index < -0.39 is 0 Å². The number of nitrogens with one attached hydrogen (secondary N) is 1. The number of benzene rings is 1. The van der Waals surface area contributed by atoms with Crippen LogP contribution in [0.4, 0.5) is 11.6 Å². The molecule has 1 aromatic carbocycles. The van der Waals surface area contributed by atoms with Gasteiger partial charge < -0.3 is 19.4 Å². The highest BCUT2D eigenvalue weighted by atomic mass is 79.9. The van der Waals surface area contributed by atoms with Gasteiger partial charge in [-0.1, -0.05) is 15.9 Å². The largest absolute Gasteiger partial charge is 0.495 e. The Morgan fingerprint density at radius 3 is 2.95 bits per heavy atom. The minimum absolute atomic E-state index is 0.734. The van der Waals surface area contributed by atoms with Crippen LogP contribution in [0.3, 0.4) is 0 Å². The van der Waals surface area contributed by atoms with Gasteiger partial charge >= 0.3 is 0 Å². The van der Waals surface area contributed by atoms with Crippen LogP contribution in [0.1, 0.15) is 6.42 Å². The van der Waals surface area contributed by atoms with Gasteiger partial charge in [-0.05, 0) is 24.6 Å². The first-order chi connectivity index (χ1) is 9.74. The van der Waals surface area contributed by atoms with Crippen LogP contribution in [0.15, 0.2) is 35.1 Å². The molecule has 1 N–H and O–H groups in total. The van der Waals surface area contributed by atoms with Gasteiger partial charge in [0, 0.05) is 37.1 Å². The average molecular weight is 340 g/mol. The first-order valence-corrected chi connectivity index (χ1v) is 7.14. The summed E-state index contributed by atoms with van der Waals surface area (Å²) in [7, 11) is 3.36. The first kappa shape index (κ1) is 14.9. The lowest BCUT2D eigenvalue weighted by atomic mass is 10.3. The number of aryl methyl sites for hydroxylation is 1. The fourth-order valence-electron chi connectivity index (χ4n) is 1.89. The number of rotatable bonds is 7. The fraction of sp³-hybridized carbons (Fsp3) is 0.357. The molecule has 0 fully saturated rings. The van der Waals surface area contributed by atoms with Crippen LogP contribution in [0.5, 0.6) is 5.75 Å². The SMILES string of the molecule is COCCCn1ccnc1Nc1cc(Br)ccc1OC. The molecule has 0 atom stereocenters. The monoisotopic (exact) mass is 339 g/mol. The normalized spacial score (nSPS) is 10.6. The lowest BCUT2D eigenvalue weighted by Crippen LogP contribution is -2.06. The zero-order valence-electron chi connectivity index (χ0n) is 11.6. The van der Waals surface area contributed by atoms with Crippen molar-refractivity contribution < 1.29 is 9.47 Å². The van der Waals surface area contributed by atoms with Crippen molar-refractivity contribution in [2.45, 2.75) is 13.0 Å². The van der Waals surface area contributed by atoms with E-state index in [9.17, 15) is 0 Å². The highest BCUT2D eigenvalue weighted by Crippen LogP contribution is 2.30. The maximum atomic E-state index is 5.35. The Bertz CT molecular complexity index is 557. The number of anilines is 2. The number of methoxy groups -OCH3 is 2. The van der Waals surface area contributed by atoms with Crippen molar-refractivity contribution in [3.05, 3.63) is 35.1 Å². The van der Waals surface area contributed by atoms with Crippen molar-refractivity contribution in [1.29, 1.82) is 0 Å². The van der Waals surface area contributed by atoms with Crippen molar-refractivity contribution in [2.24, 2.45) is 0 Å². The number of nitrogens with zero attached hydrogens (tertiary/aromatic N) is 2. The molecule has 0 aliphatic rings. The summed E-state index contributed by atoms with van der Waals surface area (Å²) in [5.41, 5.74) is 0.876. The summed E-state index contributed by atoms with van der Waals surface area (Å²) < 4.78 is 13.5. The Balaban J connectivity index is 2.14. The molecule has 1 heterocycles. The van der Waals surface area contributed by atoms with E-state index in [-0.39, 0.29) is 0 Å². The van der Waals surface area contributed by atoms with Crippen LogP contribution in [-0.4, -0.2) is 30.4 Å². The minimum atomic E-state index is 0.734. The summed E-state index contributed by atoms with van der Waals surface area (Å²) in [6.07, 6.45) is 4.67. The van der Waals surface area contributed by atoms with Gasteiger partial charge in [0.25, 0.3) is 0 Å². The van der Waals surface area contributed by atoms with Gasteiger partial charge in [-0.15, -0.1) is 0 Å². The van der Waals surface area contributed by atoms with Crippen LogP contribution in [0.2, 0.25) is 0 Å². The zero-order valence-corrected chi connectivity index (χ0v) is 13.2. The maximum Gasteiger partial charge on any atom is 0.207 e. The molecule has 0 bridgehead atoms. The Labute approximate surface area is 127 Å². The Morgan fingerprint density at radius 1 is 1.35 bits per heavy atom. The van der Waals surface area contributed by atoms with E-state index in [1.807, 2.05) is 24.4 Å². The molecule has 0 unspecified atom stereocenters. The van der Waals surface area contributed by atoms with E-state index in [0.717, 1.165) is 41.4 Å². The predicted molar refractivity (Wildman–Crippen MR) is 82.7 cm³/mol. The van der Waals surface area contributed by atoms with Crippen molar-refractivity contribution in [3.8, 4) is 5.75 Å². The quantitative estimate of drug-likeness (QED) is 0.785. The molecule has 2 rings (SSSR count). The van der Waals surface area contributed by atoms with Crippen molar-refractivity contribution in [3.63, 3.8) is 0 Å².